The van der Waals surface area contributed by atoms with Gasteiger partial charge in [0.25, 0.3) is 5.56 Å². The van der Waals surface area contributed by atoms with E-state index < -0.39 is 42.8 Å². The molecule has 2 fully saturated rings. The third-order valence-electron chi connectivity index (χ3n) is 9.62. The summed E-state index contributed by atoms with van der Waals surface area (Å²) >= 11 is 0. The topological polar surface area (TPSA) is 149 Å². The lowest BCUT2D eigenvalue weighted by atomic mass is 10.0. The van der Waals surface area contributed by atoms with Gasteiger partial charge < -0.3 is 25.1 Å². The number of unbranched alkanes of at least 4 members (excludes halogenated alkanes) is 5. The van der Waals surface area contributed by atoms with Crippen molar-refractivity contribution in [3.63, 3.8) is 0 Å². The van der Waals surface area contributed by atoms with Gasteiger partial charge in [0, 0.05) is 5.41 Å². The van der Waals surface area contributed by atoms with Crippen molar-refractivity contribution in [3.05, 3.63) is 16.7 Å². The zero-order valence-electron chi connectivity index (χ0n) is 24.1. The summed E-state index contributed by atoms with van der Waals surface area (Å²) in [5.74, 6) is -0.0567. The monoisotopic (exact) mass is 549 g/mol. The number of aromatic amines is 1. The Morgan fingerprint density at radius 3 is 2.39 bits per heavy atom. The molecule has 1 aliphatic carbocycles. The number of nitrogens with two attached hydrogens (primary N) is 1. The average molecular weight is 550 g/mol. The zero-order valence-corrected chi connectivity index (χ0v) is 25.1. The first-order valence-electron chi connectivity index (χ1n) is 14.3. The Hall–Kier alpha value is -1.79. The standard InChI is InChI=1S/C27H47N5O5Si/c1-8-9-10-11-12-13-14-38(17(2)3,18(4)5)36-15-19-26(34)25(6,7)27(26,35)23(37-19)32-16-29-20-21(32)30-24(28)31-22(20)33/h16-19,23,34-35H,8-15H2,1-7H3,(H3,28,30,31,33)/t19-,23-,26+,27-/m1/s1. The molecule has 1 aliphatic heterocycles. The minimum atomic E-state index is -2.21. The summed E-state index contributed by atoms with van der Waals surface area (Å²) in [5, 5.41) is 23.7. The van der Waals surface area contributed by atoms with Gasteiger partial charge in [0.2, 0.25) is 5.95 Å². The first-order chi connectivity index (χ1) is 17.8. The van der Waals surface area contributed by atoms with Crippen molar-refractivity contribution >= 4 is 25.4 Å². The minimum Gasteiger partial charge on any atom is -0.414 e. The van der Waals surface area contributed by atoms with Crippen LogP contribution in [0, 0.1) is 5.41 Å². The van der Waals surface area contributed by atoms with Gasteiger partial charge in [-0.15, -0.1) is 0 Å². The Morgan fingerprint density at radius 1 is 1.13 bits per heavy atom. The highest BCUT2D eigenvalue weighted by atomic mass is 28.4. The third kappa shape index (κ3) is 4.16. The highest BCUT2D eigenvalue weighted by Crippen LogP contribution is 2.75. The number of nitrogens with one attached hydrogen (secondary N) is 1. The maximum atomic E-state index is 12.3. The smallest absolute Gasteiger partial charge is 0.280 e. The number of imidazole rings is 1. The van der Waals surface area contributed by atoms with Crippen LogP contribution >= 0.6 is 0 Å². The van der Waals surface area contributed by atoms with Gasteiger partial charge in [0.05, 0.1) is 12.9 Å². The van der Waals surface area contributed by atoms with Crippen molar-refractivity contribution in [1.29, 1.82) is 0 Å². The van der Waals surface area contributed by atoms with Gasteiger partial charge in [0.1, 0.15) is 17.3 Å². The van der Waals surface area contributed by atoms with E-state index in [1.165, 1.54) is 43.0 Å². The van der Waals surface area contributed by atoms with Gasteiger partial charge in [-0.1, -0.05) is 87.0 Å². The minimum absolute atomic E-state index is 0.0567. The number of hydrogen-bond donors (Lipinski definition) is 4. The van der Waals surface area contributed by atoms with Crippen LogP contribution in [-0.2, 0) is 9.16 Å². The number of nitrogen functional groups attached to an aromatic ring is 1. The molecule has 2 aliphatic rings. The van der Waals surface area contributed by atoms with E-state index in [2.05, 4.69) is 49.6 Å². The fourth-order valence-electron chi connectivity index (χ4n) is 7.00. The van der Waals surface area contributed by atoms with Gasteiger partial charge in [-0.05, 0) is 17.1 Å². The quantitative estimate of drug-likeness (QED) is 0.214. The van der Waals surface area contributed by atoms with Crippen LogP contribution in [-0.4, -0.2) is 62.0 Å². The van der Waals surface area contributed by atoms with Crippen LogP contribution < -0.4 is 11.3 Å². The van der Waals surface area contributed by atoms with Gasteiger partial charge in [-0.2, -0.15) is 4.98 Å². The lowest BCUT2D eigenvalue weighted by molar-refractivity contribution is -0.122. The Bertz CT molecular complexity index is 1190. The second-order valence-electron chi connectivity index (χ2n) is 12.5. The van der Waals surface area contributed by atoms with E-state index in [4.69, 9.17) is 14.9 Å². The van der Waals surface area contributed by atoms with E-state index in [0.717, 1.165) is 12.5 Å². The molecule has 0 aromatic carbocycles. The lowest BCUT2D eigenvalue weighted by Crippen LogP contribution is -2.48. The summed E-state index contributed by atoms with van der Waals surface area (Å²) in [6.45, 7) is 15.1. The van der Waals surface area contributed by atoms with Crippen LogP contribution in [0.1, 0.15) is 93.2 Å². The first kappa shape index (κ1) is 29.2. The molecule has 0 radical (unpaired) electrons. The fraction of sp³-hybridized carbons (Fsp3) is 0.815. The predicted molar refractivity (Wildman–Crippen MR) is 150 cm³/mol. The molecule has 0 unspecified atom stereocenters. The predicted octanol–water partition coefficient (Wildman–Crippen LogP) is 4.24. The summed E-state index contributed by atoms with van der Waals surface area (Å²) in [6.07, 6.45) is 7.07. The molecule has 2 aromatic rings. The van der Waals surface area contributed by atoms with E-state index in [1.54, 1.807) is 0 Å². The van der Waals surface area contributed by atoms with Gasteiger partial charge in [-0.3, -0.25) is 14.3 Å². The molecule has 214 valence electrons. The van der Waals surface area contributed by atoms with E-state index in [9.17, 15) is 15.0 Å². The molecule has 2 aromatic heterocycles. The lowest BCUT2D eigenvalue weighted by Gasteiger charge is -2.40. The van der Waals surface area contributed by atoms with Crippen molar-refractivity contribution in [2.45, 2.75) is 128 Å². The number of ether oxygens (including phenoxy) is 1. The summed E-state index contributed by atoms with van der Waals surface area (Å²) < 4.78 is 14.7. The maximum absolute atomic E-state index is 12.3. The summed E-state index contributed by atoms with van der Waals surface area (Å²) in [5.41, 5.74) is 2.39. The number of fused-ring (bicyclic) bond motifs is 2. The van der Waals surface area contributed by atoms with Gasteiger partial charge in [0.15, 0.2) is 25.7 Å². The van der Waals surface area contributed by atoms with Gasteiger partial charge in [-0.25, -0.2) is 4.98 Å². The highest BCUT2D eigenvalue weighted by molar-refractivity contribution is 6.76. The maximum Gasteiger partial charge on any atom is 0.280 e. The summed E-state index contributed by atoms with van der Waals surface area (Å²) in [4.78, 5) is 23.2. The molecule has 0 amide bonds. The number of anilines is 1. The molecule has 0 bridgehead atoms. The van der Waals surface area contributed by atoms with Crippen LogP contribution in [0.5, 0.6) is 0 Å². The molecule has 1 saturated heterocycles. The normalized spacial score (nSPS) is 28.5. The average Bonchev–Trinajstić information content (AvgIpc) is 3.17. The molecule has 38 heavy (non-hydrogen) atoms. The number of H-pyrrole nitrogens is 1. The molecule has 4 rings (SSSR count). The third-order valence-corrected chi connectivity index (χ3v) is 15.4. The van der Waals surface area contributed by atoms with Crippen molar-refractivity contribution in [2.24, 2.45) is 5.41 Å². The molecular weight excluding hydrogens is 502 g/mol. The van der Waals surface area contributed by atoms with Crippen molar-refractivity contribution < 1.29 is 19.4 Å². The molecule has 11 heteroatoms. The number of hydrogen-bond acceptors (Lipinski definition) is 8. The number of rotatable bonds is 13. The number of aliphatic hydroxyl groups is 2. The van der Waals surface area contributed by atoms with E-state index in [1.807, 2.05) is 13.8 Å². The van der Waals surface area contributed by atoms with Crippen LogP contribution in [0.15, 0.2) is 11.1 Å². The molecule has 0 spiro atoms. The van der Waals surface area contributed by atoms with Crippen molar-refractivity contribution in [3.8, 4) is 0 Å². The van der Waals surface area contributed by atoms with E-state index in [-0.39, 0.29) is 23.7 Å². The number of aromatic nitrogens is 4. The summed E-state index contributed by atoms with van der Waals surface area (Å²) in [6, 6.07) is 1.06. The van der Waals surface area contributed by atoms with Crippen LogP contribution in [0.4, 0.5) is 5.95 Å². The fourth-order valence-corrected chi connectivity index (χ4v) is 11.6. The Morgan fingerprint density at radius 2 is 1.76 bits per heavy atom. The van der Waals surface area contributed by atoms with Crippen molar-refractivity contribution in [2.75, 3.05) is 12.3 Å². The van der Waals surface area contributed by atoms with Crippen LogP contribution in [0.25, 0.3) is 11.2 Å². The molecular formula is C27H47N5O5Si. The molecule has 4 atom stereocenters. The zero-order chi connectivity index (χ0) is 28.1. The SMILES string of the molecule is CCCCCCCC[Si](OC[C@H]1O[C@@H](n2cnc3c(=O)[nH]c(N)nc32)[C@@]2(O)C(C)(C)[C@@]12O)(C(C)C)C(C)C. The Kier molecular flexibility index (Phi) is 7.92. The molecule has 1 saturated carbocycles. The highest BCUT2D eigenvalue weighted by Gasteiger charge is 2.92. The Labute approximate surface area is 226 Å². The van der Waals surface area contributed by atoms with E-state index >= 15 is 0 Å². The second-order valence-corrected chi connectivity index (χ2v) is 17.5. The Balaban J connectivity index is 1.57. The number of nitrogens with zero attached hydrogens (tertiary/aromatic N) is 3. The molecule has 3 heterocycles. The van der Waals surface area contributed by atoms with E-state index in [0.29, 0.717) is 11.1 Å². The largest absolute Gasteiger partial charge is 0.414 e. The second kappa shape index (κ2) is 10.3. The van der Waals surface area contributed by atoms with Gasteiger partial charge >= 0.3 is 0 Å². The molecule has 10 nitrogen and oxygen atoms in total. The van der Waals surface area contributed by atoms with Crippen LogP contribution in [0.2, 0.25) is 17.1 Å². The first-order valence-corrected chi connectivity index (χ1v) is 16.5. The molecule has 5 N–H and O–H groups in total. The van der Waals surface area contributed by atoms with Crippen LogP contribution in [0.3, 0.4) is 0 Å². The summed E-state index contributed by atoms with van der Waals surface area (Å²) in [7, 11) is -2.21. The van der Waals surface area contributed by atoms with Crippen molar-refractivity contribution in [1.82, 2.24) is 19.5 Å².